The van der Waals surface area contributed by atoms with Gasteiger partial charge in [-0.1, -0.05) is 24.3 Å². The van der Waals surface area contributed by atoms with Crippen molar-refractivity contribution in [2.45, 2.75) is 19.8 Å². The van der Waals surface area contributed by atoms with Crippen LogP contribution in [0.25, 0.3) is 10.9 Å². The highest BCUT2D eigenvalue weighted by atomic mass is 32.1. The molecule has 4 N–H and O–H groups in total. The molecule has 0 saturated carbocycles. The van der Waals surface area contributed by atoms with Crippen molar-refractivity contribution in [3.8, 4) is 0 Å². The summed E-state index contributed by atoms with van der Waals surface area (Å²) in [5.41, 5.74) is 3.37. The maximum atomic E-state index is 13.1. The Bertz CT molecular complexity index is 1280. The van der Waals surface area contributed by atoms with Gasteiger partial charge in [-0.05, 0) is 41.3 Å². The number of rotatable bonds is 7. The highest BCUT2D eigenvalue weighted by Crippen LogP contribution is 2.33. The number of H-pyrrole nitrogens is 1. The first-order valence-corrected chi connectivity index (χ1v) is 11.4. The molecule has 0 fully saturated rings. The van der Waals surface area contributed by atoms with Crippen molar-refractivity contribution in [1.29, 1.82) is 0 Å². The van der Waals surface area contributed by atoms with Gasteiger partial charge in [0, 0.05) is 65.2 Å². The van der Waals surface area contributed by atoms with Gasteiger partial charge in [-0.2, -0.15) is 0 Å². The summed E-state index contributed by atoms with van der Waals surface area (Å²) < 4.78 is 0. The molecule has 0 bridgehead atoms. The van der Waals surface area contributed by atoms with Crippen LogP contribution < -0.4 is 16.0 Å². The van der Waals surface area contributed by atoms with Gasteiger partial charge in [0.2, 0.25) is 11.8 Å². The molecule has 1 atom stereocenters. The molecule has 1 unspecified atom stereocenters. The lowest BCUT2D eigenvalue weighted by Crippen LogP contribution is -2.29. The summed E-state index contributed by atoms with van der Waals surface area (Å²) in [6, 6.07) is 16.9. The minimum absolute atomic E-state index is 0.0292. The van der Waals surface area contributed by atoms with E-state index in [-0.39, 0.29) is 23.6 Å². The summed E-state index contributed by atoms with van der Waals surface area (Å²) in [7, 11) is 0. The third-order valence-electron chi connectivity index (χ3n) is 5.19. The van der Waals surface area contributed by atoms with E-state index in [1.165, 1.54) is 13.8 Å². The summed E-state index contributed by atoms with van der Waals surface area (Å²) in [5, 5.41) is 11.5. The lowest BCUT2D eigenvalue weighted by atomic mass is 9.96. The van der Waals surface area contributed by atoms with Crippen molar-refractivity contribution < 1.29 is 14.4 Å². The van der Waals surface area contributed by atoms with Gasteiger partial charge in [0.25, 0.3) is 5.91 Å². The average Bonchev–Trinajstić information content (AvgIpc) is 3.43. The molecule has 168 valence electrons. The minimum Gasteiger partial charge on any atom is -0.361 e. The van der Waals surface area contributed by atoms with Crippen molar-refractivity contribution in [1.82, 2.24) is 10.3 Å². The van der Waals surface area contributed by atoms with E-state index in [2.05, 4.69) is 33.1 Å². The van der Waals surface area contributed by atoms with Crippen molar-refractivity contribution in [2.75, 3.05) is 17.2 Å². The molecular weight excluding hydrogens is 436 g/mol. The van der Waals surface area contributed by atoms with Crippen LogP contribution in [0.4, 0.5) is 11.4 Å². The minimum atomic E-state index is -0.296. The van der Waals surface area contributed by atoms with Crippen LogP contribution in [0, 0.1) is 0 Å². The fourth-order valence-corrected chi connectivity index (χ4v) is 4.69. The lowest BCUT2D eigenvalue weighted by molar-refractivity contribution is -0.115. The molecule has 0 spiro atoms. The van der Waals surface area contributed by atoms with E-state index in [1.54, 1.807) is 29.5 Å². The Kier molecular flexibility index (Phi) is 6.55. The predicted octanol–water partition coefficient (Wildman–Crippen LogP) is 4.71. The Balaban J connectivity index is 1.60. The van der Waals surface area contributed by atoms with Gasteiger partial charge < -0.3 is 20.9 Å². The molecule has 8 heteroatoms. The number of nitrogens with one attached hydrogen (secondary N) is 4. The first-order valence-electron chi connectivity index (χ1n) is 10.5. The quantitative estimate of drug-likeness (QED) is 0.321. The molecule has 3 amide bonds. The Labute approximate surface area is 195 Å². The molecule has 0 aliphatic heterocycles. The molecule has 4 rings (SSSR count). The second-order valence-electron chi connectivity index (χ2n) is 7.73. The molecule has 33 heavy (non-hydrogen) atoms. The number of benzene rings is 2. The SMILES string of the molecule is CC(=O)Nc1cc(NC(C)=O)cc(C(=O)NCC(c2cccs2)c2c[nH]c3ccccc23)c1. The molecule has 0 aliphatic rings. The number of carbonyl (C=O) groups excluding carboxylic acids is 3. The first kappa shape index (κ1) is 22.3. The summed E-state index contributed by atoms with van der Waals surface area (Å²) in [6.45, 7) is 3.16. The summed E-state index contributed by atoms with van der Waals surface area (Å²) in [6.07, 6.45) is 1.99. The maximum Gasteiger partial charge on any atom is 0.251 e. The van der Waals surface area contributed by atoms with E-state index >= 15 is 0 Å². The molecule has 4 aromatic rings. The van der Waals surface area contributed by atoms with Crippen LogP contribution >= 0.6 is 11.3 Å². The van der Waals surface area contributed by atoms with Crippen LogP contribution in [0.1, 0.15) is 40.6 Å². The summed E-state index contributed by atoms with van der Waals surface area (Å²) in [4.78, 5) is 40.6. The van der Waals surface area contributed by atoms with E-state index < -0.39 is 0 Å². The van der Waals surface area contributed by atoms with Crippen LogP contribution in [0.15, 0.2) is 66.2 Å². The van der Waals surface area contributed by atoms with Crippen LogP contribution in [0.5, 0.6) is 0 Å². The number of anilines is 2. The number of thiophene rings is 1. The molecule has 0 saturated heterocycles. The fraction of sp³-hybridized carbons (Fsp3) is 0.160. The van der Waals surface area contributed by atoms with Crippen LogP contribution in [-0.4, -0.2) is 29.3 Å². The molecular formula is C25H24N4O3S. The Hall–Kier alpha value is -3.91. The highest BCUT2D eigenvalue weighted by Gasteiger charge is 2.21. The number of amides is 3. The maximum absolute atomic E-state index is 13.1. The number of hydrogen-bond donors (Lipinski definition) is 4. The number of hydrogen-bond acceptors (Lipinski definition) is 4. The Morgan fingerprint density at radius 3 is 2.27 bits per heavy atom. The number of aromatic nitrogens is 1. The molecule has 2 aromatic heterocycles. The third kappa shape index (κ3) is 5.30. The number of carbonyl (C=O) groups is 3. The van der Waals surface area contributed by atoms with Gasteiger partial charge in [-0.25, -0.2) is 0 Å². The molecule has 0 radical (unpaired) electrons. The van der Waals surface area contributed by atoms with Gasteiger partial charge in [-0.3, -0.25) is 14.4 Å². The smallest absolute Gasteiger partial charge is 0.251 e. The number of para-hydroxylation sites is 1. The first-order chi connectivity index (χ1) is 15.9. The molecule has 7 nitrogen and oxygen atoms in total. The second kappa shape index (κ2) is 9.70. The Morgan fingerprint density at radius 2 is 1.64 bits per heavy atom. The second-order valence-corrected chi connectivity index (χ2v) is 8.71. The van der Waals surface area contributed by atoms with E-state index in [1.807, 2.05) is 35.8 Å². The van der Waals surface area contributed by atoms with Crippen molar-refractivity contribution in [3.05, 3.63) is 82.2 Å². The monoisotopic (exact) mass is 460 g/mol. The van der Waals surface area contributed by atoms with Gasteiger partial charge in [0.05, 0.1) is 0 Å². The Morgan fingerprint density at radius 1 is 0.939 bits per heavy atom. The van der Waals surface area contributed by atoms with Crippen molar-refractivity contribution in [3.63, 3.8) is 0 Å². The van der Waals surface area contributed by atoms with E-state index in [0.717, 1.165) is 21.3 Å². The van der Waals surface area contributed by atoms with E-state index in [4.69, 9.17) is 0 Å². The van der Waals surface area contributed by atoms with E-state index in [9.17, 15) is 14.4 Å². The standard InChI is InChI=1S/C25H24N4O3S/c1-15(30)28-18-10-17(11-19(12-18)29-16(2)31)25(32)27-14-22(24-8-5-9-33-24)21-13-26-23-7-4-3-6-20(21)23/h3-13,22,26H,14H2,1-2H3,(H,27,32)(H,28,30)(H,29,31). The van der Waals surface area contributed by atoms with Gasteiger partial charge >= 0.3 is 0 Å². The van der Waals surface area contributed by atoms with Gasteiger partial charge in [0.1, 0.15) is 0 Å². The topological polar surface area (TPSA) is 103 Å². The van der Waals surface area contributed by atoms with Crippen molar-refractivity contribution >= 4 is 51.3 Å². The number of fused-ring (bicyclic) bond motifs is 1. The highest BCUT2D eigenvalue weighted by molar-refractivity contribution is 7.10. The normalized spacial score (nSPS) is 11.7. The van der Waals surface area contributed by atoms with Crippen LogP contribution in [0.2, 0.25) is 0 Å². The fourth-order valence-electron chi connectivity index (χ4n) is 3.84. The molecule has 0 aliphatic carbocycles. The molecule has 2 heterocycles. The van der Waals surface area contributed by atoms with E-state index in [0.29, 0.717) is 23.5 Å². The zero-order valence-corrected chi connectivity index (χ0v) is 19.1. The summed E-state index contributed by atoms with van der Waals surface area (Å²) in [5.74, 6) is -0.856. The number of aromatic amines is 1. The molecule has 2 aromatic carbocycles. The summed E-state index contributed by atoms with van der Waals surface area (Å²) >= 11 is 1.64. The van der Waals surface area contributed by atoms with Crippen molar-refractivity contribution in [2.24, 2.45) is 0 Å². The zero-order chi connectivity index (χ0) is 23.4. The van der Waals surface area contributed by atoms with Crippen LogP contribution in [-0.2, 0) is 9.59 Å². The lowest BCUT2D eigenvalue weighted by Gasteiger charge is -2.17. The predicted molar refractivity (Wildman–Crippen MR) is 132 cm³/mol. The zero-order valence-electron chi connectivity index (χ0n) is 18.3. The third-order valence-corrected chi connectivity index (χ3v) is 6.17. The largest absolute Gasteiger partial charge is 0.361 e. The van der Waals surface area contributed by atoms with Gasteiger partial charge in [-0.15, -0.1) is 11.3 Å². The van der Waals surface area contributed by atoms with Gasteiger partial charge in [0.15, 0.2) is 0 Å². The van der Waals surface area contributed by atoms with Crippen LogP contribution in [0.3, 0.4) is 0 Å². The average molecular weight is 461 g/mol.